The molecule has 1 unspecified atom stereocenters. The first kappa shape index (κ1) is 28.6. The molecule has 0 aliphatic carbocycles. The molecule has 208 valence electrons. The van der Waals surface area contributed by atoms with Crippen LogP contribution in [0, 0.1) is 22.9 Å². The van der Waals surface area contributed by atoms with Crippen molar-refractivity contribution >= 4 is 22.5 Å². The molecule has 40 heavy (non-hydrogen) atoms. The third kappa shape index (κ3) is 5.93. The highest BCUT2D eigenvalue weighted by Crippen LogP contribution is 2.29. The summed E-state index contributed by atoms with van der Waals surface area (Å²) < 4.78 is 15.3. The largest absolute Gasteiger partial charge is 0.328 e. The Hall–Kier alpha value is -4.40. The number of unbranched alkanes of at least 4 members (excludes halogenated alkanes) is 3. The Morgan fingerprint density at radius 2 is 1.77 bits per heavy atom. The lowest BCUT2D eigenvalue weighted by Gasteiger charge is -2.32. The maximum absolute atomic E-state index is 14.0. The van der Waals surface area contributed by atoms with Gasteiger partial charge in [-0.25, -0.2) is 9.37 Å². The number of nitro groups is 1. The van der Waals surface area contributed by atoms with Gasteiger partial charge in [0.05, 0.1) is 27.6 Å². The molecule has 1 atom stereocenters. The first-order valence-corrected chi connectivity index (χ1v) is 13.6. The first-order chi connectivity index (χ1) is 19.3. The van der Waals surface area contributed by atoms with E-state index in [1.54, 1.807) is 48.2 Å². The fourth-order valence-electron chi connectivity index (χ4n) is 4.97. The molecule has 0 spiro atoms. The minimum Gasteiger partial charge on any atom is -0.328 e. The number of para-hydroxylation sites is 1. The Morgan fingerprint density at radius 1 is 1.05 bits per heavy atom. The second-order valence-electron chi connectivity index (χ2n) is 9.85. The van der Waals surface area contributed by atoms with Crippen LogP contribution in [0.25, 0.3) is 16.6 Å². The quantitative estimate of drug-likeness (QED) is 0.116. The van der Waals surface area contributed by atoms with E-state index in [0.29, 0.717) is 40.9 Å². The monoisotopic (exact) mass is 544 g/mol. The van der Waals surface area contributed by atoms with Crippen molar-refractivity contribution in [1.29, 1.82) is 0 Å². The van der Waals surface area contributed by atoms with E-state index in [9.17, 15) is 24.1 Å². The molecule has 1 aromatic heterocycles. The van der Waals surface area contributed by atoms with Crippen molar-refractivity contribution in [3.63, 3.8) is 0 Å². The van der Waals surface area contributed by atoms with Crippen molar-refractivity contribution in [3.05, 3.63) is 110 Å². The minimum atomic E-state index is -0.628. The van der Waals surface area contributed by atoms with E-state index in [-0.39, 0.29) is 22.7 Å². The molecular weight excluding hydrogens is 511 g/mol. The maximum atomic E-state index is 14.0. The van der Waals surface area contributed by atoms with Gasteiger partial charge in [0.2, 0.25) is 0 Å². The van der Waals surface area contributed by atoms with Crippen LogP contribution in [-0.2, 0) is 0 Å². The van der Waals surface area contributed by atoms with Gasteiger partial charge in [0.15, 0.2) is 0 Å². The van der Waals surface area contributed by atoms with Gasteiger partial charge < -0.3 is 4.90 Å². The second-order valence-corrected chi connectivity index (χ2v) is 9.85. The van der Waals surface area contributed by atoms with Gasteiger partial charge in [-0.3, -0.25) is 24.3 Å². The van der Waals surface area contributed by atoms with Crippen molar-refractivity contribution in [2.24, 2.45) is 0 Å². The predicted molar refractivity (Wildman–Crippen MR) is 153 cm³/mol. The number of nitrogens with zero attached hydrogens (tertiary/aromatic N) is 4. The van der Waals surface area contributed by atoms with Crippen molar-refractivity contribution < 1.29 is 14.1 Å². The predicted octanol–water partition coefficient (Wildman–Crippen LogP) is 6.92. The highest BCUT2D eigenvalue weighted by atomic mass is 19.1. The van der Waals surface area contributed by atoms with Crippen LogP contribution >= 0.6 is 0 Å². The topological polar surface area (TPSA) is 98.3 Å². The van der Waals surface area contributed by atoms with Gasteiger partial charge in [0.25, 0.3) is 17.2 Å². The smallest absolute Gasteiger partial charge is 0.273 e. The summed E-state index contributed by atoms with van der Waals surface area (Å²) in [5.41, 5.74) is 1.13. The number of rotatable bonds is 11. The van der Waals surface area contributed by atoms with Crippen LogP contribution in [0.3, 0.4) is 0 Å². The molecule has 4 rings (SSSR count). The molecule has 0 bridgehead atoms. The average Bonchev–Trinajstić information content (AvgIpc) is 2.95. The number of fused-ring (bicyclic) bond motifs is 1. The van der Waals surface area contributed by atoms with Crippen LogP contribution in [0.4, 0.5) is 10.1 Å². The summed E-state index contributed by atoms with van der Waals surface area (Å²) in [5, 5.41) is 12.0. The molecule has 0 radical (unpaired) electrons. The molecule has 0 N–H and O–H groups in total. The van der Waals surface area contributed by atoms with E-state index in [0.717, 1.165) is 25.7 Å². The number of hydrogen-bond acceptors (Lipinski definition) is 5. The normalized spacial score (nSPS) is 11.9. The Kier molecular flexibility index (Phi) is 9.04. The van der Waals surface area contributed by atoms with E-state index in [2.05, 4.69) is 6.92 Å². The van der Waals surface area contributed by atoms with Gasteiger partial charge in [0.1, 0.15) is 11.6 Å². The Balaban J connectivity index is 1.90. The highest BCUT2D eigenvalue weighted by molar-refractivity contribution is 5.95. The number of aromatic nitrogens is 2. The highest BCUT2D eigenvalue weighted by Gasteiger charge is 2.30. The average molecular weight is 545 g/mol. The fourth-order valence-corrected chi connectivity index (χ4v) is 4.97. The first-order valence-electron chi connectivity index (χ1n) is 13.6. The summed E-state index contributed by atoms with van der Waals surface area (Å²) in [5.74, 6) is -0.462. The molecule has 1 amide bonds. The summed E-state index contributed by atoms with van der Waals surface area (Å²) >= 11 is 0. The number of benzene rings is 3. The van der Waals surface area contributed by atoms with Crippen LogP contribution in [-0.4, -0.2) is 31.8 Å². The van der Waals surface area contributed by atoms with Gasteiger partial charge in [-0.15, -0.1) is 0 Å². The number of carbonyl (C=O) groups excluding carboxylic acids is 1. The lowest BCUT2D eigenvalue weighted by atomic mass is 10.0. The maximum Gasteiger partial charge on any atom is 0.273 e. The lowest BCUT2D eigenvalue weighted by molar-refractivity contribution is -0.385. The van der Waals surface area contributed by atoms with E-state index >= 15 is 0 Å². The van der Waals surface area contributed by atoms with E-state index in [1.165, 1.54) is 34.9 Å². The molecule has 8 nitrogen and oxygen atoms in total. The Morgan fingerprint density at radius 3 is 2.45 bits per heavy atom. The molecule has 0 saturated carbocycles. The van der Waals surface area contributed by atoms with Crippen LogP contribution in [0.15, 0.2) is 71.5 Å². The zero-order valence-electron chi connectivity index (χ0n) is 23.0. The molecular formula is C31H33FN4O4. The summed E-state index contributed by atoms with van der Waals surface area (Å²) in [6.07, 6.45) is 4.08. The van der Waals surface area contributed by atoms with Gasteiger partial charge in [-0.05, 0) is 62.2 Å². The molecule has 0 aliphatic heterocycles. The number of carbonyl (C=O) groups is 1. The van der Waals surface area contributed by atoms with Gasteiger partial charge in [-0.2, -0.15) is 0 Å². The van der Waals surface area contributed by atoms with Gasteiger partial charge >= 0.3 is 0 Å². The van der Waals surface area contributed by atoms with Gasteiger partial charge in [-0.1, -0.05) is 51.3 Å². The van der Waals surface area contributed by atoms with Gasteiger partial charge in [0, 0.05) is 23.7 Å². The number of nitro benzene ring substituents is 1. The Bertz CT molecular complexity index is 1580. The third-order valence-electron chi connectivity index (χ3n) is 7.11. The Labute approximate surface area is 232 Å². The SMILES string of the molecule is CCCCCCN(C(=O)c1ccc(C)c([N+](=O)[O-])c1)C(CC)c1nc2ccccc2c(=O)n1-c1ccc(F)cc1. The second kappa shape index (κ2) is 12.6. The summed E-state index contributed by atoms with van der Waals surface area (Å²) in [6, 6.07) is 16.4. The summed E-state index contributed by atoms with van der Waals surface area (Å²) in [4.78, 5) is 45.5. The lowest BCUT2D eigenvalue weighted by Crippen LogP contribution is -2.39. The van der Waals surface area contributed by atoms with Crippen LogP contribution < -0.4 is 5.56 Å². The van der Waals surface area contributed by atoms with Crippen molar-refractivity contribution in [2.45, 2.75) is 58.9 Å². The van der Waals surface area contributed by atoms with E-state index < -0.39 is 16.8 Å². The summed E-state index contributed by atoms with van der Waals surface area (Å²) in [6.45, 7) is 6.02. The van der Waals surface area contributed by atoms with Crippen molar-refractivity contribution in [1.82, 2.24) is 14.5 Å². The van der Waals surface area contributed by atoms with Crippen LogP contribution in [0.5, 0.6) is 0 Å². The fraction of sp³-hybridized carbons (Fsp3) is 0.323. The molecule has 3 aromatic carbocycles. The number of aryl methyl sites for hydroxylation is 1. The number of hydrogen-bond donors (Lipinski definition) is 0. The standard InChI is InChI=1S/C31H33FN4O4/c1-4-6-7-10-19-34(30(37)22-14-13-21(3)28(20-22)36(39)40)27(5-2)29-33-26-12-9-8-11-25(26)31(38)35(29)24-17-15-23(32)16-18-24/h8-9,11-18,20,27H,4-7,10,19H2,1-3H3. The molecule has 1 heterocycles. The van der Waals surface area contributed by atoms with E-state index in [4.69, 9.17) is 4.98 Å². The minimum absolute atomic E-state index is 0.128. The zero-order chi connectivity index (χ0) is 28.8. The number of halogens is 1. The zero-order valence-corrected chi connectivity index (χ0v) is 23.0. The molecule has 0 aliphatic rings. The third-order valence-corrected chi connectivity index (χ3v) is 7.11. The van der Waals surface area contributed by atoms with Crippen LogP contribution in [0.2, 0.25) is 0 Å². The summed E-state index contributed by atoms with van der Waals surface area (Å²) in [7, 11) is 0. The van der Waals surface area contributed by atoms with Crippen LogP contribution in [0.1, 0.15) is 73.7 Å². The number of amides is 1. The molecule has 0 fully saturated rings. The molecule has 4 aromatic rings. The van der Waals surface area contributed by atoms with E-state index in [1.807, 2.05) is 6.92 Å². The van der Waals surface area contributed by atoms with Crippen molar-refractivity contribution in [2.75, 3.05) is 6.54 Å². The molecule has 0 saturated heterocycles. The van der Waals surface area contributed by atoms with Crippen molar-refractivity contribution in [3.8, 4) is 5.69 Å². The molecule has 9 heteroatoms.